The molecular formula is C60H40N2. The lowest BCUT2D eigenvalue weighted by Gasteiger charge is -2.16. The van der Waals surface area contributed by atoms with Crippen molar-refractivity contribution in [3.8, 4) is 89.4 Å². The Hall–Kier alpha value is -8.20. The summed E-state index contributed by atoms with van der Waals surface area (Å²) in [5, 5.41) is 3.42. The molecule has 0 spiro atoms. The molecule has 0 aliphatic heterocycles. The van der Waals surface area contributed by atoms with E-state index in [1.54, 1.807) is 0 Å². The van der Waals surface area contributed by atoms with Gasteiger partial charge in [-0.3, -0.25) is 0 Å². The van der Waals surface area contributed by atoms with Gasteiger partial charge in [0.15, 0.2) is 0 Å². The number of pyridine rings is 2. The van der Waals surface area contributed by atoms with Gasteiger partial charge < -0.3 is 0 Å². The summed E-state index contributed by atoms with van der Waals surface area (Å²) in [7, 11) is 0. The number of hydrogen-bond donors (Lipinski definition) is 0. The standard InChI is InChI=1S/C60H40N2/c1-5-15-41(16-6-1)44-25-29-46(30-26-44)54-39-56-55(47-31-27-45(28-32-47)42-17-7-2-8-18-42)40-59(62-60(56)53-24-14-13-23-52(53)54)50-35-33-49(34-36-50)58-38-51(43-19-9-3-10-20-43)37-57(61-58)48-21-11-4-12-22-48/h1-40H. The fourth-order valence-electron chi connectivity index (χ4n) is 8.67. The lowest BCUT2D eigenvalue weighted by molar-refractivity contribution is 1.32. The molecule has 0 N–H and O–H groups in total. The highest BCUT2D eigenvalue weighted by molar-refractivity contribution is 6.16. The van der Waals surface area contributed by atoms with Gasteiger partial charge in [0.1, 0.15) is 0 Å². The normalized spacial score (nSPS) is 11.2. The van der Waals surface area contributed by atoms with Crippen LogP contribution >= 0.6 is 0 Å². The van der Waals surface area contributed by atoms with Crippen LogP contribution in [0.3, 0.4) is 0 Å². The third-order valence-corrected chi connectivity index (χ3v) is 11.9. The Balaban J connectivity index is 1.05. The Bertz CT molecular complexity index is 3270. The van der Waals surface area contributed by atoms with E-state index in [1.165, 1.54) is 38.8 Å². The summed E-state index contributed by atoms with van der Waals surface area (Å²) >= 11 is 0. The van der Waals surface area contributed by atoms with Crippen LogP contribution in [-0.4, -0.2) is 9.97 Å². The van der Waals surface area contributed by atoms with E-state index in [9.17, 15) is 0 Å². The summed E-state index contributed by atoms with van der Waals surface area (Å²) in [6.45, 7) is 0. The molecule has 0 radical (unpaired) electrons. The molecule has 11 aromatic rings. The van der Waals surface area contributed by atoms with E-state index in [0.29, 0.717) is 0 Å². The molecule has 2 heteroatoms. The van der Waals surface area contributed by atoms with Gasteiger partial charge in [-0.2, -0.15) is 0 Å². The molecule has 0 atom stereocenters. The summed E-state index contributed by atoms with van der Waals surface area (Å²) in [6, 6.07) is 86.5. The van der Waals surface area contributed by atoms with Gasteiger partial charge in [-0.1, -0.05) is 218 Å². The first-order valence-electron chi connectivity index (χ1n) is 21.1. The summed E-state index contributed by atoms with van der Waals surface area (Å²) in [5.41, 5.74) is 18.7. The van der Waals surface area contributed by atoms with Crippen molar-refractivity contribution in [1.29, 1.82) is 0 Å². The Kier molecular flexibility index (Phi) is 9.57. The lowest BCUT2D eigenvalue weighted by atomic mass is 9.90. The van der Waals surface area contributed by atoms with Crippen LogP contribution in [0.1, 0.15) is 0 Å². The van der Waals surface area contributed by atoms with Crippen LogP contribution in [0.2, 0.25) is 0 Å². The quantitative estimate of drug-likeness (QED) is 0.143. The molecule has 0 aliphatic carbocycles. The van der Waals surface area contributed by atoms with Gasteiger partial charge in [-0.25, -0.2) is 9.97 Å². The van der Waals surface area contributed by atoms with Gasteiger partial charge in [0.05, 0.1) is 22.6 Å². The van der Waals surface area contributed by atoms with Crippen LogP contribution in [0, 0.1) is 0 Å². The highest BCUT2D eigenvalue weighted by Crippen LogP contribution is 2.41. The number of hydrogen-bond acceptors (Lipinski definition) is 2. The molecule has 62 heavy (non-hydrogen) atoms. The van der Waals surface area contributed by atoms with Crippen molar-refractivity contribution in [2.24, 2.45) is 0 Å². The topological polar surface area (TPSA) is 25.8 Å². The average molecular weight is 789 g/mol. The van der Waals surface area contributed by atoms with Crippen LogP contribution in [0.25, 0.3) is 111 Å². The van der Waals surface area contributed by atoms with Gasteiger partial charge in [0.2, 0.25) is 0 Å². The van der Waals surface area contributed by atoms with Crippen molar-refractivity contribution in [3.63, 3.8) is 0 Å². The van der Waals surface area contributed by atoms with E-state index in [1.807, 2.05) is 6.07 Å². The average Bonchev–Trinajstić information content (AvgIpc) is 3.37. The predicted octanol–water partition coefficient (Wildman–Crippen LogP) is 16.1. The van der Waals surface area contributed by atoms with Gasteiger partial charge in [-0.05, 0) is 85.3 Å². The second-order valence-corrected chi connectivity index (χ2v) is 15.7. The monoisotopic (exact) mass is 788 g/mol. The van der Waals surface area contributed by atoms with Gasteiger partial charge in [0, 0.05) is 27.5 Å². The van der Waals surface area contributed by atoms with Crippen molar-refractivity contribution in [1.82, 2.24) is 9.97 Å². The van der Waals surface area contributed by atoms with Crippen LogP contribution < -0.4 is 0 Å². The third-order valence-electron chi connectivity index (χ3n) is 11.9. The summed E-state index contributed by atoms with van der Waals surface area (Å²) in [4.78, 5) is 10.7. The summed E-state index contributed by atoms with van der Waals surface area (Å²) in [5.74, 6) is 0. The first-order chi connectivity index (χ1) is 30.7. The molecule has 9 aromatic carbocycles. The van der Waals surface area contributed by atoms with Crippen molar-refractivity contribution >= 4 is 21.7 Å². The smallest absolute Gasteiger partial charge is 0.0794 e. The zero-order chi connectivity index (χ0) is 41.2. The molecule has 2 heterocycles. The molecule has 0 amide bonds. The van der Waals surface area contributed by atoms with Gasteiger partial charge in [-0.15, -0.1) is 0 Å². The molecular weight excluding hydrogens is 749 g/mol. The summed E-state index contributed by atoms with van der Waals surface area (Å²) in [6.07, 6.45) is 0. The molecule has 0 saturated carbocycles. The van der Waals surface area contributed by atoms with Crippen LogP contribution in [0.4, 0.5) is 0 Å². The van der Waals surface area contributed by atoms with Crippen molar-refractivity contribution < 1.29 is 0 Å². The Labute approximate surface area is 362 Å². The maximum atomic E-state index is 5.51. The molecule has 0 fully saturated rings. The first-order valence-corrected chi connectivity index (χ1v) is 21.1. The molecule has 0 saturated heterocycles. The minimum Gasteiger partial charge on any atom is -0.248 e. The SMILES string of the molecule is c1ccc(-c2ccc(-c3cc4c(-c5ccc(-c6ccccc6)cc5)cc(-c5ccc(-c6cc(-c7ccccc7)cc(-c7ccccc7)n6)cc5)nc4c4ccccc34)cc2)cc1. The van der Waals surface area contributed by atoms with E-state index in [2.05, 4.69) is 237 Å². The van der Waals surface area contributed by atoms with E-state index in [0.717, 1.165) is 72.3 Å². The molecule has 0 unspecified atom stereocenters. The zero-order valence-electron chi connectivity index (χ0n) is 34.0. The predicted molar refractivity (Wildman–Crippen MR) is 261 cm³/mol. The fraction of sp³-hybridized carbons (Fsp3) is 0. The first kappa shape index (κ1) is 36.8. The molecule has 290 valence electrons. The second kappa shape index (κ2) is 16.1. The van der Waals surface area contributed by atoms with E-state index >= 15 is 0 Å². The Morgan fingerprint density at radius 2 is 0.516 bits per heavy atom. The van der Waals surface area contributed by atoms with E-state index in [4.69, 9.17) is 9.97 Å². The third kappa shape index (κ3) is 7.14. The van der Waals surface area contributed by atoms with E-state index in [-0.39, 0.29) is 0 Å². The largest absolute Gasteiger partial charge is 0.248 e. The van der Waals surface area contributed by atoms with Crippen molar-refractivity contribution in [2.45, 2.75) is 0 Å². The highest BCUT2D eigenvalue weighted by Gasteiger charge is 2.17. The zero-order valence-corrected chi connectivity index (χ0v) is 34.0. The molecule has 2 aromatic heterocycles. The van der Waals surface area contributed by atoms with E-state index < -0.39 is 0 Å². The van der Waals surface area contributed by atoms with Crippen molar-refractivity contribution in [3.05, 3.63) is 243 Å². The van der Waals surface area contributed by atoms with Crippen molar-refractivity contribution in [2.75, 3.05) is 0 Å². The fourth-order valence-corrected chi connectivity index (χ4v) is 8.67. The highest BCUT2D eigenvalue weighted by atomic mass is 14.7. The molecule has 0 aliphatic rings. The van der Waals surface area contributed by atoms with Crippen LogP contribution in [0.5, 0.6) is 0 Å². The maximum Gasteiger partial charge on any atom is 0.0794 e. The lowest BCUT2D eigenvalue weighted by Crippen LogP contribution is -1.94. The van der Waals surface area contributed by atoms with Gasteiger partial charge in [0.25, 0.3) is 0 Å². The number of aromatic nitrogens is 2. The van der Waals surface area contributed by atoms with Gasteiger partial charge >= 0.3 is 0 Å². The van der Waals surface area contributed by atoms with Crippen LogP contribution in [0.15, 0.2) is 243 Å². The molecule has 0 bridgehead atoms. The molecule has 11 rings (SSSR count). The minimum absolute atomic E-state index is 0.923. The summed E-state index contributed by atoms with van der Waals surface area (Å²) < 4.78 is 0. The second-order valence-electron chi connectivity index (χ2n) is 15.7. The maximum absolute atomic E-state index is 5.51. The number of rotatable bonds is 8. The Morgan fingerprint density at radius 3 is 1.00 bits per heavy atom. The van der Waals surface area contributed by atoms with Crippen LogP contribution in [-0.2, 0) is 0 Å². The number of fused-ring (bicyclic) bond motifs is 3. The Morgan fingerprint density at radius 1 is 0.194 bits per heavy atom. The minimum atomic E-state index is 0.923. The molecule has 2 nitrogen and oxygen atoms in total. The number of nitrogens with zero attached hydrogens (tertiary/aromatic N) is 2. The number of benzene rings is 9.